The van der Waals surface area contributed by atoms with Gasteiger partial charge in [0.2, 0.25) is 0 Å². The van der Waals surface area contributed by atoms with Gasteiger partial charge in [0.15, 0.2) is 11.6 Å². The Morgan fingerprint density at radius 1 is 0.985 bits per heavy atom. The van der Waals surface area contributed by atoms with Gasteiger partial charge in [-0.2, -0.15) is 5.10 Å². The predicted molar refractivity (Wildman–Crippen MR) is 253 cm³/mol. The molecule has 1 N–H and O–H groups in total. The molecule has 1 amide bonds. The highest BCUT2D eigenvalue weighted by Crippen LogP contribution is 2.56. The highest BCUT2D eigenvalue weighted by Gasteiger charge is 2.59. The molecular weight excluding hydrogens is 893 g/mol. The number of H-pyrrole nitrogens is 1. The van der Waals surface area contributed by atoms with Gasteiger partial charge < -0.3 is 14.2 Å². The molecule has 1 unspecified atom stereocenters. The SMILES string of the molecule is CCS(=O)(=NC)c1ccc(-n2ccn(-c3c4c(nn3-c3cc(C)c(F)c(C)c3)CCN(C(=O)c3cc5cc([C@H]6CCOC(C)(C)C6)ccc5n3[C@@]3(c5noc(=O)[nH]5)C[C@@H]3C)[C@H]4C)c2=O)c(F)c1C. The first-order valence-electron chi connectivity index (χ1n) is 23.1. The summed E-state index contributed by atoms with van der Waals surface area (Å²) < 4.78 is 66.5. The molecule has 0 spiro atoms. The van der Waals surface area contributed by atoms with Crippen LogP contribution in [0.1, 0.15) is 116 Å². The molecule has 3 aliphatic rings. The Hall–Kier alpha value is -6.40. The number of halogens is 2. The Labute approximate surface area is 391 Å². The lowest BCUT2D eigenvalue weighted by Crippen LogP contribution is -2.41. The van der Waals surface area contributed by atoms with E-state index in [2.05, 4.69) is 53.5 Å². The van der Waals surface area contributed by atoms with Gasteiger partial charge in [0, 0.05) is 66.8 Å². The van der Waals surface area contributed by atoms with E-state index in [1.165, 1.54) is 41.6 Å². The normalized spacial score (nSPS) is 22.0. The van der Waals surface area contributed by atoms with Crippen molar-refractivity contribution in [3.63, 3.8) is 0 Å². The molecule has 1 saturated carbocycles. The van der Waals surface area contributed by atoms with E-state index in [0.717, 1.165) is 29.3 Å². The number of benzene rings is 3. The van der Waals surface area contributed by atoms with Gasteiger partial charge >= 0.3 is 11.4 Å². The van der Waals surface area contributed by atoms with E-state index in [-0.39, 0.29) is 57.6 Å². The third kappa shape index (κ3) is 6.95. The Morgan fingerprint density at radius 2 is 1.71 bits per heavy atom. The molecule has 3 aromatic carbocycles. The lowest BCUT2D eigenvalue weighted by molar-refractivity contribution is -0.0592. The number of carbonyl (C=O) groups is 1. The molecule has 18 heteroatoms. The highest BCUT2D eigenvalue weighted by molar-refractivity contribution is 7.93. The van der Waals surface area contributed by atoms with Gasteiger partial charge in [-0.15, -0.1) is 0 Å². The molecular formula is C50H55F2N9O6S. The number of ether oxygens (including phenoxy) is 1. The summed E-state index contributed by atoms with van der Waals surface area (Å²) in [6.07, 6.45) is 5.61. The number of imidazole rings is 1. The van der Waals surface area contributed by atoms with Gasteiger partial charge in [0.25, 0.3) is 5.91 Å². The highest BCUT2D eigenvalue weighted by atomic mass is 32.2. The molecule has 5 atom stereocenters. The smallest absolute Gasteiger partial charge is 0.376 e. The summed E-state index contributed by atoms with van der Waals surface area (Å²) in [5.41, 5.74) is 3.13. The summed E-state index contributed by atoms with van der Waals surface area (Å²) in [6, 6.07) is 13.9. The maximum absolute atomic E-state index is 16.4. The maximum Gasteiger partial charge on any atom is 0.438 e. The number of hydrogen-bond donors (Lipinski definition) is 1. The van der Waals surface area contributed by atoms with Crippen molar-refractivity contribution in [2.45, 2.75) is 109 Å². The molecule has 6 heterocycles. The molecule has 0 bridgehead atoms. The number of aromatic amines is 1. The van der Waals surface area contributed by atoms with Crippen LogP contribution in [0.2, 0.25) is 0 Å². The fourth-order valence-electron chi connectivity index (χ4n) is 11.0. The van der Waals surface area contributed by atoms with Crippen LogP contribution in [0, 0.1) is 38.3 Å². The Bertz CT molecular complexity index is 3450. The number of rotatable bonds is 9. The number of aromatic nitrogens is 7. The van der Waals surface area contributed by atoms with Crippen LogP contribution in [0.3, 0.4) is 0 Å². The van der Waals surface area contributed by atoms with Crippen LogP contribution in [-0.4, -0.2) is 80.2 Å². The molecule has 4 aromatic heterocycles. The van der Waals surface area contributed by atoms with E-state index < -0.39 is 38.6 Å². The maximum atomic E-state index is 16.4. The van der Waals surface area contributed by atoms with Crippen LogP contribution in [0.4, 0.5) is 8.78 Å². The topological polar surface area (TPSA) is 168 Å². The minimum absolute atomic E-state index is 0.0164. The Balaban J connectivity index is 1.12. The summed E-state index contributed by atoms with van der Waals surface area (Å²) in [5.74, 6) is -0.975. The van der Waals surface area contributed by atoms with Gasteiger partial charge in [0.1, 0.15) is 22.9 Å². The summed E-state index contributed by atoms with van der Waals surface area (Å²) in [7, 11) is -1.43. The second-order valence-corrected chi connectivity index (χ2v) is 22.0. The average molecular weight is 948 g/mol. The molecule has 2 fully saturated rings. The van der Waals surface area contributed by atoms with Crippen molar-refractivity contribution in [1.82, 2.24) is 38.5 Å². The minimum atomic E-state index is -2.88. The third-order valence-electron chi connectivity index (χ3n) is 14.7. The molecule has 1 aliphatic carbocycles. The number of carbonyl (C=O) groups excluding carboxylic acids is 1. The molecule has 10 rings (SSSR count). The molecule has 68 heavy (non-hydrogen) atoms. The number of nitrogens with one attached hydrogen (secondary N) is 1. The van der Waals surface area contributed by atoms with E-state index in [0.29, 0.717) is 64.9 Å². The Morgan fingerprint density at radius 3 is 2.35 bits per heavy atom. The number of amides is 1. The second-order valence-electron chi connectivity index (χ2n) is 19.3. The molecule has 15 nitrogen and oxygen atoms in total. The van der Waals surface area contributed by atoms with Crippen LogP contribution in [0.25, 0.3) is 28.1 Å². The predicted octanol–water partition coefficient (Wildman–Crippen LogP) is 8.34. The summed E-state index contributed by atoms with van der Waals surface area (Å²) in [5, 5.41) is 10.1. The first-order valence-corrected chi connectivity index (χ1v) is 24.8. The number of hydrogen-bond acceptors (Lipinski definition) is 9. The van der Waals surface area contributed by atoms with Crippen molar-refractivity contribution in [3.05, 3.63) is 139 Å². The molecule has 356 valence electrons. The first kappa shape index (κ1) is 45.4. The van der Waals surface area contributed by atoms with Crippen LogP contribution in [0.5, 0.6) is 0 Å². The van der Waals surface area contributed by atoms with Crippen molar-refractivity contribution in [2.75, 3.05) is 26.0 Å². The van der Waals surface area contributed by atoms with E-state index in [9.17, 15) is 13.8 Å². The fourth-order valence-corrected chi connectivity index (χ4v) is 12.6. The largest absolute Gasteiger partial charge is 0.438 e. The van der Waals surface area contributed by atoms with Crippen molar-refractivity contribution in [2.24, 2.45) is 10.3 Å². The zero-order valence-electron chi connectivity index (χ0n) is 39.6. The van der Waals surface area contributed by atoms with Gasteiger partial charge in [0.05, 0.1) is 43.3 Å². The summed E-state index contributed by atoms with van der Waals surface area (Å²) in [4.78, 5) is 47.7. The Kier molecular flexibility index (Phi) is 10.8. The van der Waals surface area contributed by atoms with Gasteiger partial charge in [-0.3, -0.25) is 23.4 Å². The average Bonchev–Trinajstić information content (AvgIpc) is 3.80. The number of aryl methyl sites for hydroxylation is 2. The molecule has 7 aromatic rings. The second kappa shape index (κ2) is 16.1. The quantitative estimate of drug-likeness (QED) is 0.151. The number of nitrogens with zero attached hydrogens (tertiary/aromatic N) is 8. The lowest BCUT2D eigenvalue weighted by atomic mass is 9.83. The van der Waals surface area contributed by atoms with Crippen molar-refractivity contribution in [1.29, 1.82) is 0 Å². The zero-order chi connectivity index (χ0) is 48.4. The standard InChI is InChI=1S/C50H55F2N9O6S/c1-10-68(65,53-9)40-14-13-38(43(52)30(40)5)58-18-19-59(48(58)64)44-41-31(6)57(17-15-36(41)55-61(44)35-21-27(2)42(51)28(3)22-35)45(62)39-24-34-23-32(33-16-20-66-49(7,8)26-33)11-12-37(34)60(39)50(25-29(50)4)46-54-47(63)67-56-46/h11-14,18-19,21-24,29,31,33H,10,15-17,20,25-26H2,1-9H3,(H,54,56,63)/t29-,31-,33-,50-,68?/m0/s1. The van der Waals surface area contributed by atoms with Gasteiger partial charge in [-0.05, 0) is 132 Å². The van der Waals surface area contributed by atoms with E-state index in [1.807, 2.05) is 17.6 Å². The van der Waals surface area contributed by atoms with Crippen LogP contribution in [0.15, 0.2) is 84.3 Å². The van der Waals surface area contributed by atoms with Gasteiger partial charge in [-0.1, -0.05) is 25.1 Å². The van der Waals surface area contributed by atoms with Crippen LogP contribution < -0.4 is 11.4 Å². The third-order valence-corrected chi connectivity index (χ3v) is 17.2. The monoisotopic (exact) mass is 947 g/mol. The lowest BCUT2D eigenvalue weighted by Gasteiger charge is -2.35. The zero-order valence-corrected chi connectivity index (χ0v) is 40.5. The van der Waals surface area contributed by atoms with Crippen LogP contribution in [-0.2, 0) is 26.4 Å². The van der Waals surface area contributed by atoms with Crippen molar-refractivity contribution < 1.29 is 27.0 Å². The van der Waals surface area contributed by atoms with Gasteiger partial charge in [-0.25, -0.2) is 31.6 Å². The summed E-state index contributed by atoms with van der Waals surface area (Å²) >= 11 is 0. The van der Waals surface area contributed by atoms with Crippen LogP contribution >= 0.6 is 0 Å². The van der Waals surface area contributed by atoms with E-state index in [1.54, 1.807) is 48.6 Å². The number of fused-ring (bicyclic) bond motifs is 2. The minimum Gasteiger partial charge on any atom is -0.376 e. The first-order chi connectivity index (χ1) is 32.3. The molecule has 1 saturated heterocycles. The van der Waals surface area contributed by atoms with E-state index >= 15 is 13.6 Å². The summed E-state index contributed by atoms with van der Waals surface area (Å²) in [6.45, 7) is 15.6. The molecule has 2 aliphatic heterocycles. The van der Waals surface area contributed by atoms with Crippen molar-refractivity contribution in [3.8, 4) is 17.2 Å². The molecule has 0 radical (unpaired) electrons. The van der Waals surface area contributed by atoms with E-state index in [4.69, 9.17) is 14.4 Å². The van der Waals surface area contributed by atoms with Crippen molar-refractivity contribution >= 4 is 26.5 Å². The fraction of sp³-hybridized carbons (Fsp3) is 0.420.